The molecule has 2 aromatic heterocycles. The third-order valence-corrected chi connectivity index (χ3v) is 6.86. The second-order valence-corrected chi connectivity index (χ2v) is 9.88. The molecule has 3 aromatic rings. The number of ketones is 1. The molecule has 184 valence electrons. The highest BCUT2D eigenvalue weighted by Crippen LogP contribution is 2.21. The molecule has 1 unspecified atom stereocenters. The summed E-state index contributed by atoms with van der Waals surface area (Å²) in [6, 6.07) is 12.8. The van der Waals surface area contributed by atoms with Gasteiger partial charge in [0.15, 0.2) is 5.78 Å². The van der Waals surface area contributed by atoms with Crippen LogP contribution in [0.15, 0.2) is 64.1 Å². The van der Waals surface area contributed by atoms with Gasteiger partial charge >= 0.3 is 0 Å². The molecule has 1 aromatic carbocycles. The van der Waals surface area contributed by atoms with Crippen molar-refractivity contribution < 1.29 is 14.6 Å². The minimum Gasteiger partial charge on any atom is -0.487 e. The summed E-state index contributed by atoms with van der Waals surface area (Å²) in [5.41, 5.74) is 3.07. The van der Waals surface area contributed by atoms with Crippen LogP contribution in [0.3, 0.4) is 0 Å². The Hall–Kier alpha value is -2.81. The molecule has 0 spiro atoms. The fourth-order valence-electron chi connectivity index (χ4n) is 4.45. The Kier molecular flexibility index (Phi) is 8.49. The van der Waals surface area contributed by atoms with Gasteiger partial charge in [0.1, 0.15) is 12.4 Å². The fraction of sp³-hybridized carbons (Fsp3) is 0.370. The SMILES string of the molecule is Cc1cc(CN2CCCCC2CO)ccc1C(=O)Cn1ccc(OCc2ccc(Br)cn2)cc1=O. The van der Waals surface area contributed by atoms with Gasteiger partial charge in [0.05, 0.1) is 18.8 Å². The van der Waals surface area contributed by atoms with E-state index in [4.69, 9.17) is 4.74 Å². The molecule has 35 heavy (non-hydrogen) atoms. The molecule has 0 saturated carbocycles. The Bertz CT molecular complexity index is 1230. The smallest absolute Gasteiger partial charge is 0.254 e. The highest BCUT2D eigenvalue weighted by atomic mass is 79.9. The largest absolute Gasteiger partial charge is 0.487 e. The van der Waals surface area contributed by atoms with Crippen molar-refractivity contribution in [2.75, 3.05) is 13.2 Å². The molecule has 1 aliphatic rings. The molecule has 3 heterocycles. The van der Waals surface area contributed by atoms with Gasteiger partial charge in [0.25, 0.3) is 5.56 Å². The van der Waals surface area contributed by atoms with E-state index in [1.165, 1.54) is 10.6 Å². The number of aromatic nitrogens is 2. The monoisotopic (exact) mass is 539 g/mol. The molecule has 1 atom stereocenters. The highest BCUT2D eigenvalue weighted by Gasteiger charge is 2.22. The van der Waals surface area contributed by atoms with Crippen molar-refractivity contribution in [2.24, 2.45) is 0 Å². The van der Waals surface area contributed by atoms with Gasteiger partial charge in [-0.25, -0.2) is 0 Å². The lowest BCUT2D eigenvalue weighted by Gasteiger charge is -2.34. The Morgan fingerprint density at radius 3 is 2.77 bits per heavy atom. The van der Waals surface area contributed by atoms with Crippen molar-refractivity contribution >= 4 is 21.7 Å². The summed E-state index contributed by atoms with van der Waals surface area (Å²) in [4.78, 5) is 32.1. The van der Waals surface area contributed by atoms with Crippen LogP contribution in [0, 0.1) is 6.92 Å². The number of rotatable bonds is 9. The van der Waals surface area contributed by atoms with Gasteiger partial charge in [-0.05, 0) is 71.6 Å². The summed E-state index contributed by atoms with van der Waals surface area (Å²) in [7, 11) is 0. The van der Waals surface area contributed by atoms with Crippen molar-refractivity contribution in [3.63, 3.8) is 0 Å². The lowest BCUT2D eigenvalue weighted by atomic mass is 9.99. The number of piperidine rings is 1. The van der Waals surface area contributed by atoms with Crippen LogP contribution in [-0.4, -0.2) is 44.5 Å². The molecule has 1 fully saturated rings. The number of hydrogen-bond acceptors (Lipinski definition) is 6. The number of nitrogens with zero attached hydrogens (tertiary/aromatic N) is 3. The third-order valence-electron chi connectivity index (χ3n) is 6.39. The molecule has 0 aliphatic carbocycles. The number of hydrogen-bond donors (Lipinski definition) is 1. The number of pyridine rings is 2. The van der Waals surface area contributed by atoms with Gasteiger partial charge in [0.2, 0.25) is 0 Å². The first-order valence-electron chi connectivity index (χ1n) is 11.8. The molecule has 7 nitrogen and oxygen atoms in total. The van der Waals surface area contributed by atoms with Gasteiger partial charge in [-0.1, -0.05) is 24.6 Å². The van der Waals surface area contributed by atoms with E-state index in [-0.39, 0.29) is 37.1 Å². The number of aliphatic hydroxyl groups is 1. The minimum atomic E-state index is -0.297. The first-order chi connectivity index (χ1) is 16.9. The molecule has 0 amide bonds. The van der Waals surface area contributed by atoms with Crippen LogP contribution in [0.25, 0.3) is 0 Å². The normalized spacial score (nSPS) is 16.3. The van der Waals surface area contributed by atoms with Crippen LogP contribution in [0.2, 0.25) is 0 Å². The van der Waals surface area contributed by atoms with Crippen molar-refractivity contribution in [2.45, 2.75) is 51.9 Å². The van der Waals surface area contributed by atoms with E-state index in [9.17, 15) is 14.7 Å². The zero-order valence-corrected chi connectivity index (χ0v) is 21.4. The molecule has 0 bridgehead atoms. The summed E-state index contributed by atoms with van der Waals surface area (Å²) in [5, 5.41) is 9.66. The van der Waals surface area contributed by atoms with Crippen LogP contribution in [0.1, 0.15) is 46.4 Å². The van der Waals surface area contributed by atoms with E-state index in [2.05, 4.69) is 25.8 Å². The van der Waals surface area contributed by atoms with Gasteiger partial charge < -0.3 is 14.4 Å². The number of aryl methyl sites for hydroxylation is 1. The third kappa shape index (κ3) is 6.66. The van der Waals surface area contributed by atoms with Gasteiger partial charge in [0, 0.05) is 41.1 Å². The Morgan fingerprint density at radius 1 is 1.20 bits per heavy atom. The second kappa shape index (κ2) is 11.7. The average Bonchev–Trinajstić information content (AvgIpc) is 2.85. The fourth-order valence-corrected chi connectivity index (χ4v) is 4.68. The quantitative estimate of drug-likeness (QED) is 0.411. The van der Waals surface area contributed by atoms with Gasteiger partial charge in [-0.3, -0.25) is 19.5 Å². The molecular formula is C27H30BrN3O4. The number of carbonyl (C=O) groups is 1. The molecule has 1 saturated heterocycles. The standard InChI is InChI=1S/C27H30BrN3O4/c1-19-12-20(15-30-10-3-2-4-23(30)17-32)5-8-25(19)26(33)16-31-11-9-24(13-27(31)34)35-18-22-7-6-21(28)14-29-22/h5-9,11-14,23,32H,2-4,10,15-18H2,1H3. The van der Waals surface area contributed by atoms with Crippen molar-refractivity contribution in [1.29, 1.82) is 0 Å². The van der Waals surface area contributed by atoms with E-state index in [1.807, 2.05) is 37.3 Å². The zero-order chi connectivity index (χ0) is 24.8. The summed E-state index contributed by atoms with van der Waals surface area (Å²) in [6.07, 6.45) is 6.59. The van der Waals surface area contributed by atoms with E-state index >= 15 is 0 Å². The van der Waals surface area contributed by atoms with E-state index in [0.29, 0.717) is 11.3 Å². The summed E-state index contributed by atoms with van der Waals surface area (Å²) in [5.74, 6) is 0.318. The maximum atomic E-state index is 13.0. The van der Waals surface area contributed by atoms with Crippen LogP contribution in [0.5, 0.6) is 5.75 Å². The predicted molar refractivity (Wildman–Crippen MR) is 138 cm³/mol. The van der Waals surface area contributed by atoms with Gasteiger partial charge in [-0.2, -0.15) is 0 Å². The summed E-state index contributed by atoms with van der Waals surface area (Å²) in [6.45, 7) is 4.05. The van der Waals surface area contributed by atoms with Gasteiger partial charge in [-0.15, -0.1) is 0 Å². The number of benzene rings is 1. The van der Waals surface area contributed by atoms with Crippen LogP contribution in [-0.2, 0) is 19.7 Å². The van der Waals surface area contributed by atoms with E-state index in [0.717, 1.165) is 53.6 Å². The second-order valence-electron chi connectivity index (χ2n) is 8.96. The number of ether oxygens (including phenoxy) is 1. The maximum absolute atomic E-state index is 13.0. The number of likely N-dealkylation sites (tertiary alicyclic amines) is 1. The molecule has 1 aliphatic heterocycles. The van der Waals surface area contributed by atoms with Crippen molar-refractivity contribution in [3.05, 3.63) is 92.1 Å². The van der Waals surface area contributed by atoms with E-state index < -0.39 is 0 Å². The zero-order valence-electron chi connectivity index (χ0n) is 19.8. The lowest BCUT2D eigenvalue weighted by molar-refractivity contribution is 0.0841. The molecule has 4 rings (SSSR count). The average molecular weight is 540 g/mol. The van der Waals surface area contributed by atoms with Crippen molar-refractivity contribution in [3.8, 4) is 5.75 Å². The minimum absolute atomic E-state index is 0.0354. The number of carbonyl (C=O) groups excluding carboxylic acids is 1. The molecule has 8 heteroatoms. The Balaban J connectivity index is 1.38. The van der Waals surface area contributed by atoms with E-state index in [1.54, 1.807) is 18.5 Å². The topological polar surface area (TPSA) is 84.7 Å². The first kappa shape index (κ1) is 25.3. The summed E-state index contributed by atoms with van der Waals surface area (Å²) < 4.78 is 7.95. The molecule has 0 radical (unpaired) electrons. The number of Topliss-reactive ketones (excluding diaryl/α,β-unsaturated/α-hetero) is 1. The number of aliphatic hydroxyl groups excluding tert-OH is 1. The molecular weight excluding hydrogens is 510 g/mol. The first-order valence-corrected chi connectivity index (χ1v) is 12.6. The Labute approximate surface area is 213 Å². The van der Waals surface area contributed by atoms with Crippen molar-refractivity contribution in [1.82, 2.24) is 14.5 Å². The number of halogens is 1. The van der Waals surface area contributed by atoms with Crippen LogP contribution < -0.4 is 10.3 Å². The predicted octanol–water partition coefficient (Wildman–Crippen LogP) is 4.12. The Morgan fingerprint density at radius 2 is 2.06 bits per heavy atom. The van der Waals surface area contributed by atoms with Crippen LogP contribution in [0.4, 0.5) is 0 Å². The van der Waals surface area contributed by atoms with Crippen LogP contribution >= 0.6 is 15.9 Å². The maximum Gasteiger partial charge on any atom is 0.254 e. The summed E-state index contributed by atoms with van der Waals surface area (Å²) >= 11 is 3.34. The molecule has 1 N–H and O–H groups in total. The highest BCUT2D eigenvalue weighted by molar-refractivity contribution is 9.10. The lowest BCUT2D eigenvalue weighted by Crippen LogP contribution is -2.41.